The lowest BCUT2D eigenvalue weighted by Crippen LogP contribution is -1.98. The summed E-state index contributed by atoms with van der Waals surface area (Å²) in [5, 5.41) is 12.1. The van der Waals surface area contributed by atoms with Crippen molar-refractivity contribution in [3.05, 3.63) is 50.1 Å². The summed E-state index contributed by atoms with van der Waals surface area (Å²) in [5.74, 6) is -0.787. The minimum absolute atomic E-state index is 0.0993. The van der Waals surface area contributed by atoms with Crippen molar-refractivity contribution < 1.29 is 9.90 Å². The Morgan fingerprint density at radius 2 is 2.05 bits per heavy atom. The molecule has 0 spiro atoms. The molecule has 2 aromatic rings. The maximum absolute atomic E-state index is 10.6. The van der Waals surface area contributed by atoms with Crippen LogP contribution >= 0.6 is 27.3 Å². The third kappa shape index (κ3) is 4.08. The highest BCUT2D eigenvalue weighted by Gasteiger charge is 2.04. The van der Waals surface area contributed by atoms with Gasteiger partial charge in [0.1, 0.15) is 0 Å². The van der Waals surface area contributed by atoms with Crippen molar-refractivity contribution in [2.75, 3.05) is 5.32 Å². The first-order valence-electron chi connectivity index (χ1n) is 5.84. The van der Waals surface area contributed by atoms with Gasteiger partial charge in [0.15, 0.2) is 0 Å². The number of hydrogen-bond donors (Lipinski definition) is 2. The molecule has 0 amide bonds. The lowest BCUT2D eigenvalue weighted by Gasteiger charge is -2.06. The standard InChI is InChI=1S/C14H14BrNO2S/c1-9-6-10(2-5-13(9)15)16-8-12-4-3-11(19-12)7-14(17)18/h2-6,16H,7-8H2,1H3,(H,17,18). The quantitative estimate of drug-likeness (QED) is 0.863. The van der Waals surface area contributed by atoms with E-state index in [1.54, 1.807) is 0 Å². The predicted molar refractivity (Wildman–Crippen MR) is 81.9 cm³/mol. The van der Waals surface area contributed by atoms with Gasteiger partial charge in [-0.05, 0) is 42.8 Å². The van der Waals surface area contributed by atoms with Crippen LogP contribution in [0.5, 0.6) is 0 Å². The van der Waals surface area contributed by atoms with Crippen molar-refractivity contribution in [1.82, 2.24) is 0 Å². The third-order valence-electron chi connectivity index (χ3n) is 2.67. The Hall–Kier alpha value is -1.33. The number of hydrogen-bond acceptors (Lipinski definition) is 3. The maximum Gasteiger partial charge on any atom is 0.308 e. The van der Waals surface area contributed by atoms with Gasteiger partial charge in [-0.3, -0.25) is 4.79 Å². The molecule has 2 rings (SSSR count). The number of nitrogens with one attached hydrogen (secondary N) is 1. The number of carbonyl (C=O) groups is 1. The van der Waals surface area contributed by atoms with Crippen molar-refractivity contribution in [1.29, 1.82) is 0 Å². The van der Waals surface area contributed by atoms with Crippen LogP contribution in [-0.4, -0.2) is 11.1 Å². The molecule has 0 bridgehead atoms. The number of halogens is 1. The van der Waals surface area contributed by atoms with E-state index in [1.807, 2.05) is 31.2 Å². The molecule has 1 aromatic carbocycles. The molecule has 3 nitrogen and oxygen atoms in total. The summed E-state index contributed by atoms with van der Waals surface area (Å²) < 4.78 is 1.10. The number of carboxylic acid groups (broad SMARTS) is 1. The molecule has 1 heterocycles. The largest absolute Gasteiger partial charge is 0.481 e. The van der Waals surface area contributed by atoms with Gasteiger partial charge in [0.25, 0.3) is 0 Å². The van der Waals surface area contributed by atoms with E-state index in [0.717, 1.165) is 19.9 Å². The molecule has 0 radical (unpaired) electrons. The van der Waals surface area contributed by atoms with Gasteiger partial charge in [0.2, 0.25) is 0 Å². The number of thiophene rings is 1. The normalized spacial score (nSPS) is 10.4. The molecule has 5 heteroatoms. The lowest BCUT2D eigenvalue weighted by atomic mass is 10.2. The van der Waals surface area contributed by atoms with Crippen LogP contribution < -0.4 is 5.32 Å². The second kappa shape index (κ2) is 6.21. The zero-order valence-corrected chi connectivity index (χ0v) is 12.8. The number of anilines is 1. The second-order valence-corrected chi connectivity index (χ2v) is 6.36. The predicted octanol–water partition coefficient (Wildman–Crippen LogP) is 4.06. The number of aryl methyl sites for hydroxylation is 1. The van der Waals surface area contributed by atoms with Crippen LogP contribution in [0.4, 0.5) is 5.69 Å². The van der Waals surface area contributed by atoms with E-state index in [1.165, 1.54) is 16.9 Å². The smallest absolute Gasteiger partial charge is 0.308 e. The Bertz CT molecular complexity index is 595. The molecular formula is C14H14BrNO2S. The molecule has 19 heavy (non-hydrogen) atoms. The summed E-state index contributed by atoms with van der Waals surface area (Å²) in [4.78, 5) is 12.6. The van der Waals surface area contributed by atoms with Gasteiger partial charge in [-0.2, -0.15) is 0 Å². The van der Waals surface area contributed by atoms with E-state index in [9.17, 15) is 4.79 Å². The van der Waals surface area contributed by atoms with Gasteiger partial charge in [0, 0.05) is 26.5 Å². The van der Waals surface area contributed by atoms with Gasteiger partial charge in [-0.25, -0.2) is 0 Å². The van der Waals surface area contributed by atoms with Gasteiger partial charge in [-0.15, -0.1) is 11.3 Å². The van der Waals surface area contributed by atoms with Gasteiger partial charge < -0.3 is 10.4 Å². The lowest BCUT2D eigenvalue weighted by molar-refractivity contribution is -0.136. The molecule has 0 atom stereocenters. The van der Waals surface area contributed by atoms with Crippen LogP contribution in [0.15, 0.2) is 34.8 Å². The Balaban J connectivity index is 1.96. The molecule has 0 aliphatic carbocycles. The molecule has 0 aliphatic heterocycles. The molecule has 0 saturated heterocycles. The zero-order valence-electron chi connectivity index (χ0n) is 10.4. The monoisotopic (exact) mass is 339 g/mol. The SMILES string of the molecule is Cc1cc(NCc2ccc(CC(=O)O)s2)ccc1Br. The van der Waals surface area contributed by atoms with E-state index in [4.69, 9.17) is 5.11 Å². The molecule has 1 aromatic heterocycles. The number of carboxylic acids is 1. The van der Waals surface area contributed by atoms with Gasteiger partial charge in [-0.1, -0.05) is 15.9 Å². The van der Waals surface area contributed by atoms with Crippen molar-refractivity contribution in [2.45, 2.75) is 19.9 Å². The van der Waals surface area contributed by atoms with E-state index >= 15 is 0 Å². The van der Waals surface area contributed by atoms with Crippen LogP contribution in [-0.2, 0) is 17.8 Å². The number of rotatable bonds is 5. The summed E-state index contributed by atoms with van der Waals surface area (Å²) in [7, 11) is 0. The molecular weight excluding hydrogens is 326 g/mol. The third-order valence-corrected chi connectivity index (χ3v) is 4.64. The van der Waals surface area contributed by atoms with Crippen molar-refractivity contribution in [3.63, 3.8) is 0 Å². The van der Waals surface area contributed by atoms with E-state index in [0.29, 0.717) is 6.54 Å². The van der Waals surface area contributed by atoms with E-state index in [2.05, 4.69) is 27.3 Å². The van der Waals surface area contributed by atoms with Gasteiger partial charge in [0.05, 0.1) is 6.42 Å². The fourth-order valence-electron chi connectivity index (χ4n) is 1.71. The molecule has 0 fully saturated rings. The summed E-state index contributed by atoms with van der Waals surface area (Å²) >= 11 is 5.01. The molecule has 100 valence electrons. The minimum Gasteiger partial charge on any atom is -0.481 e. The Labute approximate surface area is 124 Å². The van der Waals surface area contributed by atoms with Crippen LogP contribution in [0.25, 0.3) is 0 Å². The zero-order chi connectivity index (χ0) is 13.8. The van der Waals surface area contributed by atoms with E-state index < -0.39 is 5.97 Å². The van der Waals surface area contributed by atoms with Crippen molar-refractivity contribution in [2.24, 2.45) is 0 Å². The Morgan fingerprint density at radius 1 is 1.32 bits per heavy atom. The molecule has 2 N–H and O–H groups in total. The Kier molecular flexibility index (Phi) is 4.61. The van der Waals surface area contributed by atoms with Crippen LogP contribution in [0.3, 0.4) is 0 Å². The van der Waals surface area contributed by atoms with Crippen LogP contribution in [0.1, 0.15) is 15.3 Å². The highest BCUT2D eigenvalue weighted by atomic mass is 79.9. The highest BCUT2D eigenvalue weighted by Crippen LogP contribution is 2.22. The first kappa shape index (κ1) is 14.1. The average molecular weight is 340 g/mol. The van der Waals surface area contributed by atoms with Crippen LogP contribution in [0.2, 0.25) is 0 Å². The minimum atomic E-state index is -0.787. The summed E-state index contributed by atoms with van der Waals surface area (Å²) in [6.45, 7) is 2.76. The summed E-state index contributed by atoms with van der Waals surface area (Å²) in [5.41, 5.74) is 2.25. The maximum atomic E-state index is 10.6. The number of aliphatic carboxylic acids is 1. The summed E-state index contributed by atoms with van der Waals surface area (Å²) in [6, 6.07) is 9.96. The first-order chi connectivity index (χ1) is 9.04. The molecule has 0 saturated carbocycles. The summed E-state index contributed by atoms with van der Waals surface area (Å²) in [6.07, 6.45) is 0.0993. The molecule has 0 aliphatic rings. The fraction of sp³-hybridized carbons (Fsp3) is 0.214. The average Bonchev–Trinajstić information content (AvgIpc) is 2.77. The van der Waals surface area contributed by atoms with E-state index in [-0.39, 0.29) is 6.42 Å². The molecule has 0 unspecified atom stereocenters. The number of benzene rings is 1. The topological polar surface area (TPSA) is 49.3 Å². The first-order valence-corrected chi connectivity index (χ1v) is 7.45. The van der Waals surface area contributed by atoms with Crippen molar-refractivity contribution >= 4 is 38.9 Å². The highest BCUT2D eigenvalue weighted by molar-refractivity contribution is 9.10. The second-order valence-electron chi connectivity index (χ2n) is 4.26. The fourth-order valence-corrected chi connectivity index (χ4v) is 2.90. The Morgan fingerprint density at radius 3 is 2.74 bits per heavy atom. The van der Waals surface area contributed by atoms with Crippen LogP contribution in [0, 0.1) is 6.92 Å². The van der Waals surface area contributed by atoms with Gasteiger partial charge >= 0.3 is 5.97 Å². The van der Waals surface area contributed by atoms with Crippen molar-refractivity contribution in [3.8, 4) is 0 Å².